The summed E-state index contributed by atoms with van der Waals surface area (Å²) in [7, 11) is 0. The van der Waals surface area contributed by atoms with Gasteiger partial charge in [0.15, 0.2) is 0 Å². The maximum atomic E-state index is 5.48. The molecule has 0 aromatic rings. The van der Waals surface area contributed by atoms with E-state index >= 15 is 0 Å². The third kappa shape index (κ3) is 2.29. The van der Waals surface area contributed by atoms with Crippen LogP contribution in [0.15, 0.2) is 0 Å². The monoisotopic (exact) mass is 312 g/mol. The van der Waals surface area contributed by atoms with Gasteiger partial charge in [0.25, 0.3) is 0 Å². The Morgan fingerprint density at radius 2 is 1.60 bits per heavy atom. The van der Waals surface area contributed by atoms with Crippen molar-refractivity contribution in [3.63, 3.8) is 0 Å². The number of hydrogen-bond acceptors (Lipinski definition) is 2. The molecule has 1 heterocycles. The van der Waals surface area contributed by atoms with E-state index in [1.54, 1.807) is 0 Å². The zero-order valence-electron chi connectivity index (χ0n) is 5.53. The Bertz CT molecular complexity index is 136. The summed E-state index contributed by atoms with van der Waals surface area (Å²) in [5.41, 5.74) is 0. The Kier molecular flexibility index (Phi) is 2.73. The standard InChI is InChI=1S/C2HCl3O2.2CH3.Sn/c3-2(4,5)1(6)7;;;/h1H;2*1H3;/q-2;;;+2. The molecule has 0 saturated carbocycles. The average Bonchev–Trinajstić information content (AvgIpc) is 1.56. The molecule has 60 valence electrons. The molecule has 0 N–H and O–H groups in total. The third-order valence-electron chi connectivity index (χ3n) is 1.05. The Balaban J connectivity index is 2.40. The van der Waals surface area contributed by atoms with Gasteiger partial charge in [0.05, 0.1) is 0 Å². The van der Waals surface area contributed by atoms with Crippen LogP contribution in [0.25, 0.3) is 0 Å². The molecule has 0 aromatic heterocycles. The molecule has 0 bridgehead atoms. The van der Waals surface area contributed by atoms with Crippen molar-refractivity contribution in [1.82, 2.24) is 0 Å². The second-order valence-electron chi connectivity index (χ2n) is 2.51. The molecular formula is C4H7Cl3O2Sn. The predicted octanol–water partition coefficient (Wildman–Crippen LogP) is 2.43. The molecule has 2 nitrogen and oxygen atoms in total. The molecule has 1 aliphatic rings. The molecule has 0 unspecified atom stereocenters. The summed E-state index contributed by atoms with van der Waals surface area (Å²) < 4.78 is 9.14. The number of halogens is 3. The van der Waals surface area contributed by atoms with Crippen LogP contribution in [0.5, 0.6) is 0 Å². The first kappa shape index (κ1) is 9.67. The second-order valence-corrected chi connectivity index (χ2v) is 14.2. The Morgan fingerprint density at radius 3 is 1.70 bits per heavy atom. The fraction of sp³-hybridized carbons (Fsp3) is 1.00. The van der Waals surface area contributed by atoms with E-state index in [1.807, 2.05) is 9.88 Å². The first-order chi connectivity index (χ1) is 4.31. The van der Waals surface area contributed by atoms with E-state index in [-0.39, 0.29) is 0 Å². The molecule has 1 fully saturated rings. The van der Waals surface area contributed by atoms with Crippen LogP contribution >= 0.6 is 34.8 Å². The minimum absolute atomic E-state index is 0.636. The predicted molar refractivity (Wildman–Crippen MR) is 43.7 cm³/mol. The van der Waals surface area contributed by atoms with Gasteiger partial charge in [-0.25, -0.2) is 0 Å². The summed E-state index contributed by atoms with van der Waals surface area (Å²) in [6.07, 6.45) is -0.636. The van der Waals surface area contributed by atoms with Crippen LogP contribution in [-0.2, 0) is 6.15 Å². The minimum atomic E-state index is -2.53. The van der Waals surface area contributed by atoms with Gasteiger partial charge in [-0.15, -0.1) is 0 Å². The third-order valence-corrected chi connectivity index (χ3v) is 6.05. The summed E-state index contributed by atoms with van der Waals surface area (Å²) in [4.78, 5) is 3.92. The molecule has 6 heteroatoms. The van der Waals surface area contributed by atoms with Gasteiger partial charge < -0.3 is 0 Å². The van der Waals surface area contributed by atoms with E-state index in [2.05, 4.69) is 0 Å². The Morgan fingerprint density at radius 1 is 1.20 bits per heavy atom. The number of alkyl halides is 3. The molecule has 1 aliphatic heterocycles. The van der Waals surface area contributed by atoms with Crippen molar-refractivity contribution < 1.29 is 6.15 Å². The maximum absolute atomic E-state index is 5.48. The molecule has 0 aromatic carbocycles. The van der Waals surface area contributed by atoms with Crippen LogP contribution < -0.4 is 0 Å². The zero-order valence-corrected chi connectivity index (χ0v) is 10.6. The summed E-state index contributed by atoms with van der Waals surface area (Å²) >= 11 is 13.9. The van der Waals surface area contributed by atoms with E-state index in [0.717, 1.165) is 0 Å². The summed E-state index contributed by atoms with van der Waals surface area (Å²) in [6, 6.07) is 0. The second kappa shape index (κ2) is 2.82. The van der Waals surface area contributed by atoms with Crippen molar-refractivity contribution in [2.24, 2.45) is 0 Å². The average molecular weight is 312 g/mol. The summed E-state index contributed by atoms with van der Waals surface area (Å²) in [6.45, 7) is 0. The van der Waals surface area contributed by atoms with E-state index in [4.69, 9.17) is 41.0 Å². The number of hydrogen-bond donors (Lipinski definition) is 0. The summed E-state index contributed by atoms with van der Waals surface area (Å²) in [5.74, 6) is 0. The molecular weight excluding hydrogens is 305 g/mol. The van der Waals surface area contributed by atoms with Crippen molar-refractivity contribution in [2.45, 2.75) is 20.0 Å². The van der Waals surface area contributed by atoms with Crippen LogP contribution in [0.1, 0.15) is 0 Å². The zero-order chi connectivity index (χ0) is 7.99. The first-order valence-electron chi connectivity index (χ1n) is 2.74. The van der Waals surface area contributed by atoms with Crippen molar-refractivity contribution in [3.05, 3.63) is 0 Å². The molecule has 0 radical (unpaired) electrons. The molecule has 1 rings (SSSR count). The molecule has 1 saturated heterocycles. The SMILES string of the molecule is [CH3][Sn]1([CH3])[O]C(C(Cl)(Cl)Cl)[O]1. The van der Waals surface area contributed by atoms with Gasteiger partial charge in [-0.1, -0.05) is 0 Å². The molecule has 10 heavy (non-hydrogen) atoms. The quantitative estimate of drug-likeness (QED) is 0.505. The molecule has 0 amide bonds. The van der Waals surface area contributed by atoms with Crippen molar-refractivity contribution in [2.75, 3.05) is 0 Å². The Labute approximate surface area is 79.7 Å². The molecule has 0 spiro atoms. The van der Waals surface area contributed by atoms with Crippen molar-refractivity contribution >= 4 is 54.0 Å². The van der Waals surface area contributed by atoms with E-state index in [0.29, 0.717) is 0 Å². The van der Waals surface area contributed by atoms with E-state index in [9.17, 15) is 0 Å². The summed E-state index contributed by atoms with van der Waals surface area (Å²) in [5, 5.41) is 0. The van der Waals surface area contributed by atoms with Crippen molar-refractivity contribution in [3.8, 4) is 0 Å². The van der Waals surface area contributed by atoms with E-state index in [1.165, 1.54) is 0 Å². The van der Waals surface area contributed by atoms with Gasteiger partial charge in [-0.05, 0) is 0 Å². The van der Waals surface area contributed by atoms with Crippen LogP contribution in [-0.4, -0.2) is 29.3 Å². The van der Waals surface area contributed by atoms with Crippen LogP contribution in [0, 0.1) is 0 Å². The normalized spacial score (nSPS) is 26.1. The van der Waals surface area contributed by atoms with Crippen LogP contribution in [0.4, 0.5) is 0 Å². The van der Waals surface area contributed by atoms with Crippen molar-refractivity contribution in [1.29, 1.82) is 0 Å². The van der Waals surface area contributed by atoms with Gasteiger partial charge in [-0.3, -0.25) is 0 Å². The van der Waals surface area contributed by atoms with Gasteiger partial charge in [0.1, 0.15) is 0 Å². The van der Waals surface area contributed by atoms with Gasteiger partial charge in [0.2, 0.25) is 0 Å². The molecule has 0 atom stereocenters. The number of rotatable bonds is 0. The Hall–Kier alpha value is 1.59. The van der Waals surface area contributed by atoms with Crippen LogP contribution in [0.2, 0.25) is 9.88 Å². The van der Waals surface area contributed by atoms with Gasteiger partial charge in [0, 0.05) is 0 Å². The van der Waals surface area contributed by atoms with Gasteiger partial charge in [-0.2, -0.15) is 0 Å². The first-order valence-corrected chi connectivity index (χ1v) is 11.9. The fourth-order valence-electron chi connectivity index (χ4n) is 0.658. The van der Waals surface area contributed by atoms with Gasteiger partial charge >= 0.3 is 80.1 Å². The van der Waals surface area contributed by atoms with E-state index < -0.39 is 29.3 Å². The fourth-order valence-corrected chi connectivity index (χ4v) is 6.21. The molecule has 0 aliphatic carbocycles. The van der Waals surface area contributed by atoms with Crippen LogP contribution in [0.3, 0.4) is 0 Å². The topological polar surface area (TPSA) is 18.5 Å².